The second-order valence-corrected chi connectivity index (χ2v) is 5.93. The Morgan fingerprint density at radius 1 is 1.32 bits per heavy atom. The van der Waals surface area contributed by atoms with Crippen molar-refractivity contribution >= 4 is 54.4 Å². The van der Waals surface area contributed by atoms with Crippen LogP contribution >= 0.6 is 31.9 Å². The molecule has 0 spiro atoms. The molecule has 0 saturated heterocycles. The number of hydrogen-bond donors (Lipinski definition) is 1. The van der Waals surface area contributed by atoms with Gasteiger partial charge in [-0.05, 0) is 40.9 Å². The van der Waals surface area contributed by atoms with E-state index in [4.69, 9.17) is 0 Å². The van der Waals surface area contributed by atoms with E-state index in [9.17, 15) is 4.79 Å². The van der Waals surface area contributed by atoms with Crippen LogP contribution in [0.4, 0.5) is 5.69 Å². The fourth-order valence-corrected chi connectivity index (χ4v) is 2.57. The van der Waals surface area contributed by atoms with Gasteiger partial charge in [-0.15, -0.1) is 0 Å². The molecule has 0 aliphatic rings. The van der Waals surface area contributed by atoms with E-state index >= 15 is 0 Å². The maximum absolute atomic E-state index is 11.8. The summed E-state index contributed by atoms with van der Waals surface area (Å²) in [5, 5.41) is 4.87. The number of unbranched alkanes of at least 4 members (excludes halogenated alkanes) is 1. The SMILES string of the molecule is O=C(CCCCBr)Nc1cccc2cc(Br)cnc12. The topological polar surface area (TPSA) is 42.0 Å². The Kier molecular flexibility index (Phi) is 5.34. The van der Waals surface area contributed by atoms with Gasteiger partial charge >= 0.3 is 0 Å². The molecule has 0 unspecified atom stereocenters. The standard InChI is InChI=1S/C14H14Br2N2O/c15-7-2-1-6-13(19)18-12-5-3-4-10-8-11(16)9-17-14(10)12/h3-5,8-9H,1-2,6-7H2,(H,18,19). The summed E-state index contributed by atoms with van der Waals surface area (Å²) in [6, 6.07) is 7.77. The van der Waals surface area contributed by atoms with Gasteiger partial charge in [0, 0.05) is 27.8 Å². The lowest BCUT2D eigenvalue weighted by atomic mass is 10.2. The Labute approximate surface area is 129 Å². The van der Waals surface area contributed by atoms with Crippen LogP contribution in [0.5, 0.6) is 0 Å². The molecule has 1 N–H and O–H groups in total. The van der Waals surface area contributed by atoms with Crippen molar-refractivity contribution in [1.29, 1.82) is 0 Å². The van der Waals surface area contributed by atoms with Crippen LogP contribution in [0.2, 0.25) is 0 Å². The average molecular weight is 386 g/mol. The highest BCUT2D eigenvalue weighted by Gasteiger charge is 2.06. The highest BCUT2D eigenvalue weighted by Crippen LogP contribution is 2.24. The van der Waals surface area contributed by atoms with Gasteiger partial charge in [-0.3, -0.25) is 9.78 Å². The van der Waals surface area contributed by atoms with Gasteiger partial charge in [0.15, 0.2) is 0 Å². The summed E-state index contributed by atoms with van der Waals surface area (Å²) in [5.74, 6) is 0.0400. The molecule has 1 aromatic carbocycles. The Morgan fingerprint density at radius 2 is 2.16 bits per heavy atom. The van der Waals surface area contributed by atoms with E-state index < -0.39 is 0 Å². The lowest BCUT2D eigenvalue weighted by Gasteiger charge is -2.08. The van der Waals surface area contributed by atoms with Crippen molar-refractivity contribution < 1.29 is 4.79 Å². The molecule has 5 heteroatoms. The van der Waals surface area contributed by atoms with Crippen LogP contribution < -0.4 is 5.32 Å². The largest absolute Gasteiger partial charge is 0.324 e. The second kappa shape index (κ2) is 7.01. The molecule has 1 aromatic heterocycles. The molecule has 0 fully saturated rings. The number of carbonyl (C=O) groups excluding carboxylic acids is 1. The van der Waals surface area contributed by atoms with Crippen molar-refractivity contribution in [3.05, 3.63) is 34.9 Å². The molecule has 19 heavy (non-hydrogen) atoms. The lowest BCUT2D eigenvalue weighted by Crippen LogP contribution is -2.11. The summed E-state index contributed by atoms with van der Waals surface area (Å²) in [4.78, 5) is 16.2. The highest BCUT2D eigenvalue weighted by atomic mass is 79.9. The summed E-state index contributed by atoms with van der Waals surface area (Å²) >= 11 is 6.76. The van der Waals surface area contributed by atoms with Crippen molar-refractivity contribution in [2.45, 2.75) is 19.3 Å². The number of alkyl halides is 1. The zero-order valence-electron chi connectivity index (χ0n) is 10.3. The van der Waals surface area contributed by atoms with Crippen LogP contribution in [0.25, 0.3) is 10.9 Å². The maximum atomic E-state index is 11.8. The lowest BCUT2D eigenvalue weighted by molar-refractivity contribution is -0.116. The molecule has 2 rings (SSSR count). The molecule has 1 heterocycles. The van der Waals surface area contributed by atoms with Crippen molar-refractivity contribution in [1.82, 2.24) is 4.98 Å². The number of para-hydroxylation sites is 1. The van der Waals surface area contributed by atoms with Gasteiger partial charge < -0.3 is 5.32 Å². The van der Waals surface area contributed by atoms with Crippen LogP contribution in [0.15, 0.2) is 34.9 Å². The number of halogens is 2. The highest BCUT2D eigenvalue weighted by molar-refractivity contribution is 9.10. The zero-order valence-corrected chi connectivity index (χ0v) is 13.5. The molecule has 0 aliphatic heterocycles. The van der Waals surface area contributed by atoms with Crippen molar-refractivity contribution in [2.75, 3.05) is 10.6 Å². The van der Waals surface area contributed by atoms with E-state index in [0.29, 0.717) is 6.42 Å². The van der Waals surface area contributed by atoms with Crippen LogP contribution in [0, 0.1) is 0 Å². The molecular formula is C14H14Br2N2O. The Hall–Kier alpha value is -0.940. The molecule has 0 aliphatic carbocycles. The average Bonchev–Trinajstić information content (AvgIpc) is 2.39. The second-order valence-electron chi connectivity index (χ2n) is 4.23. The monoisotopic (exact) mass is 384 g/mol. The molecule has 0 atom stereocenters. The number of nitrogens with one attached hydrogen (secondary N) is 1. The first kappa shape index (κ1) is 14.5. The number of pyridine rings is 1. The zero-order chi connectivity index (χ0) is 13.7. The first-order valence-corrected chi connectivity index (χ1v) is 8.02. The number of benzene rings is 1. The fourth-order valence-electron chi connectivity index (χ4n) is 1.83. The third-order valence-electron chi connectivity index (χ3n) is 2.74. The predicted octanol–water partition coefficient (Wildman–Crippen LogP) is 4.50. The van der Waals surface area contributed by atoms with Gasteiger partial charge in [0.25, 0.3) is 0 Å². The number of nitrogens with zero attached hydrogens (tertiary/aromatic N) is 1. The minimum atomic E-state index is 0.0400. The van der Waals surface area contributed by atoms with Gasteiger partial charge in [-0.2, -0.15) is 0 Å². The third-order valence-corrected chi connectivity index (χ3v) is 3.73. The summed E-state index contributed by atoms with van der Waals surface area (Å²) in [6.07, 6.45) is 4.18. The maximum Gasteiger partial charge on any atom is 0.224 e. The number of hydrogen-bond acceptors (Lipinski definition) is 2. The van der Waals surface area contributed by atoms with Crippen molar-refractivity contribution in [3.63, 3.8) is 0 Å². The summed E-state index contributed by atoms with van der Waals surface area (Å²) < 4.78 is 0.931. The van der Waals surface area contributed by atoms with E-state index in [2.05, 4.69) is 42.2 Å². The first-order chi connectivity index (χ1) is 9.20. The van der Waals surface area contributed by atoms with Crippen molar-refractivity contribution in [2.24, 2.45) is 0 Å². The van der Waals surface area contributed by atoms with Crippen molar-refractivity contribution in [3.8, 4) is 0 Å². The minimum absolute atomic E-state index is 0.0400. The number of fused-ring (bicyclic) bond motifs is 1. The van der Waals surface area contributed by atoms with E-state index in [-0.39, 0.29) is 5.91 Å². The van der Waals surface area contributed by atoms with Crippen LogP contribution in [-0.4, -0.2) is 16.2 Å². The summed E-state index contributed by atoms with van der Waals surface area (Å²) in [6.45, 7) is 0. The number of amides is 1. The summed E-state index contributed by atoms with van der Waals surface area (Å²) in [7, 11) is 0. The molecule has 0 bridgehead atoms. The molecule has 1 amide bonds. The van der Waals surface area contributed by atoms with Crippen LogP contribution in [0.3, 0.4) is 0 Å². The predicted molar refractivity (Wildman–Crippen MR) is 85.7 cm³/mol. The van der Waals surface area contributed by atoms with Gasteiger partial charge in [0.2, 0.25) is 5.91 Å². The van der Waals surface area contributed by atoms with Gasteiger partial charge in [0.1, 0.15) is 0 Å². The minimum Gasteiger partial charge on any atom is -0.324 e. The van der Waals surface area contributed by atoms with E-state index in [1.165, 1.54) is 0 Å². The van der Waals surface area contributed by atoms with E-state index in [1.54, 1.807) is 6.20 Å². The normalized spacial score (nSPS) is 10.6. The first-order valence-electron chi connectivity index (χ1n) is 6.11. The molecule has 100 valence electrons. The van der Waals surface area contributed by atoms with Gasteiger partial charge in [-0.25, -0.2) is 0 Å². The van der Waals surface area contributed by atoms with Crippen LogP contribution in [0.1, 0.15) is 19.3 Å². The van der Waals surface area contributed by atoms with Gasteiger partial charge in [-0.1, -0.05) is 28.1 Å². The van der Waals surface area contributed by atoms with Gasteiger partial charge in [0.05, 0.1) is 11.2 Å². The number of anilines is 1. The number of rotatable bonds is 5. The Balaban J connectivity index is 2.14. The smallest absolute Gasteiger partial charge is 0.224 e. The Bertz CT molecular complexity index is 587. The fraction of sp³-hybridized carbons (Fsp3) is 0.286. The van der Waals surface area contributed by atoms with Crippen LogP contribution in [-0.2, 0) is 4.79 Å². The quantitative estimate of drug-likeness (QED) is 0.608. The summed E-state index contributed by atoms with van der Waals surface area (Å²) in [5.41, 5.74) is 1.59. The third kappa shape index (κ3) is 4.01. The molecule has 3 nitrogen and oxygen atoms in total. The number of carbonyl (C=O) groups is 1. The molecule has 2 aromatic rings. The number of aromatic nitrogens is 1. The molecule has 0 radical (unpaired) electrons. The molecular weight excluding hydrogens is 372 g/mol. The van der Waals surface area contributed by atoms with E-state index in [1.807, 2.05) is 24.3 Å². The Morgan fingerprint density at radius 3 is 2.95 bits per heavy atom. The molecule has 0 saturated carbocycles. The van der Waals surface area contributed by atoms with E-state index in [0.717, 1.165) is 39.2 Å².